The third kappa shape index (κ3) is 1.74. The fourth-order valence-corrected chi connectivity index (χ4v) is 2.78. The van der Waals surface area contributed by atoms with Crippen LogP contribution in [0.3, 0.4) is 0 Å². The van der Waals surface area contributed by atoms with Crippen molar-refractivity contribution in [3.8, 4) is 0 Å². The van der Waals surface area contributed by atoms with Gasteiger partial charge in [-0.05, 0) is 12.8 Å². The third-order valence-corrected chi connectivity index (χ3v) is 4.08. The van der Waals surface area contributed by atoms with Crippen LogP contribution in [0.15, 0.2) is 12.4 Å². The minimum Gasteiger partial charge on any atom is -0.347 e. The summed E-state index contributed by atoms with van der Waals surface area (Å²) in [6.07, 6.45) is 5.83. The van der Waals surface area contributed by atoms with Gasteiger partial charge in [-0.3, -0.25) is 0 Å². The van der Waals surface area contributed by atoms with Gasteiger partial charge < -0.3 is 10.7 Å². The number of hydrogen-bond donors (Lipinski definition) is 2. The lowest BCUT2D eigenvalue weighted by Gasteiger charge is -2.33. The Morgan fingerprint density at radius 2 is 2.62 bits per heavy atom. The van der Waals surface area contributed by atoms with Crippen LogP contribution in [0.2, 0.25) is 0 Å². The van der Waals surface area contributed by atoms with Gasteiger partial charge in [-0.25, -0.2) is 4.98 Å². The number of rotatable bonds is 1. The highest BCUT2D eigenvalue weighted by atomic mass is 32.2. The minimum absolute atomic E-state index is 0.222. The molecule has 0 radical (unpaired) electrons. The summed E-state index contributed by atoms with van der Waals surface area (Å²) < 4.78 is 0. The van der Waals surface area contributed by atoms with Gasteiger partial charge in [-0.2, -0.15) is 11.8 Å². The molecule has 1 fully saturated rings. The number of nitrogens with one attached hydrogen (secondary N) is 1. The molecule has 0 aliphatic carbocycles. The normalized spacial score (nSPS) is 34.8. The number of H-pyrrole nitrogens is 1. The zero-order chi connectivity index (χ0) is 9.31. The number of aromatic nitrogens is 2. The van der Waals surface area contributed by atoms with Crippen molar-refractivity contribution in [3.63, 3.8) is 0 Å². The van der Waals surface area contributed by atoms with E-state index in [-0.39, 0.29) is 5.54 Å². The van der Waals surface area contributed by atoms with Crippen molar-refractivity contribution in [1.29, 1.82) is 0 Å². The molecule has 0 aromatic carbocycles. The van der Waals surface area contributed by atoms with E-state index in [2.05, 4.69) is 16.9 Å². The maximum absolute atomic E-state index is 6.27. The molecule has 0 amide bonds. The van der Waals surface area contributed by atoms with Crippen LogP contribution in [-0.2, 0) is 5.54 Å². The van der Waals surface area contributed by atoms with Crippen LogP contribution in [0.25, 0.3) is 0 Å². The fraction of sp³-hybridized carbons (Fsp3) is 0.667. The fourth-order valence-electron chi connectivity index (χ4n) is 1.63. The summed E-state index contributed by atoms with van der Waals surface area (Å²) in [7, 11) is 0. The van der Waals surface area contributed by atoms with E-state index in [4.69, 9.17) is 5.73 Å². The number of nitrogens with zero attached hydrogens (tertiary/aromatic N) is 1. The van der Waals surface area contributed by atoms with Crippen LogP contribution in [0.4, 0.5) is 0 Å². The van der Waals surface area contributed by atoms with Crippen molar-refractivity contribution in [1.82, 2.24) is 9.97 Å². The summed E-state index contributed by atoms with van der Waals surface area (Å²) in [6.45, 7) is 2.26. The predicted octanol–water partition coefficient (Wildman–Crippen LogP) is 1.48. The first-order valence-corrected chi connectivity index (χ1v) is 5.66. The topological polar surface area (TPSA) is 54.7 Å². The molecule has 2 atom stereocenters. The van der Waals surface area contributed by atoms with E-state index in [9.17, 15) is 0 Å². The molecule has 72 valence electrons. The van der Waals surface area contributed by atoms with E-state index in [1.165, 1.54) is 6.42 Å². The zero-order valence-corrected chi connectivity index (χ0v) is 8.60. The standard InChI is InChI=1S/C9H15N3S/c1-7-2-3-9(10,6-13-7)8-11-4-5-12-8/h4-5,7H,2-3,6,10H2,1H3,(H,11,12). The van der Waals surface area contributed by atoms with Crippen LogP contribution in [0.1, 0.15) is 25.6 Å². The van der Waals surface area contributed by atoms with E-state index in [1.54, 1.807) is 6.20 Å². The molecule has 0 saturated carbocycles. The summed E-state index contributed by atoms with van der Waals surface area (Å²) in [5.41, 5.74) is 6.05. The van der Waals surface area contributed by atoms with Gasteiger partial charge in [-0.1, -0.05) is 6.92 Å². The van der Waals surface area contributed by atoms with Gasteiger partial charge in [0.25, 0.3) is 0 Å². The molecule has 4 heteroatoms. The Balaban J connectivity index is 2.13. The van der Waals surface area contributed by atoms with Crippen molar-refractivity contribution < 1.29 is 0 Å². The number of nitrogens with two attached hydrogens (primary N) is 1. The van der Waals surface area contributed by atoms with Gasteiger partial charge in [-0.15, -0.1) is 0 Å². The van der Waals surface area contributed by atoms with Gasteiger partial charge in [0.15, 0.2) is 0 Å². The van der Waals surface area contributed by atoms with Gasteiger partial charge >= 0.3 is 0 Å². The summed E-state index contributed by atoms with van der Waals surface area (Å²) >= 11 is 1.94. The molecule has 1 saturated heterocycles. The van der Waals surface area contributed by atoms with Gasteiger partial charge in [0.05, 0.1) is 5.54 Å². The van der Waals surface area contributed by atoms with Crippen molar-refractivity contribution in [2.45, 2.75) is 30.6 Å². The average Bonchev–Trinajstić information content (AvgIpc) is 2.63. The van der Waals surface area contributed by atoms with Crippen LogP contribution in [0.5, 0.6) is 0 Å². The molecule has 3 nitrogen and oxygen atoms in total. The number of hydrogen-bond acceptors (Lipinski definition) is 3. The smallest absolute Gasteiger partial charge is 0.127 e. The highest BCUT2D eigenvalue weighted by Crippen LogP contribution is 2.35. The molecule has 2 unspecified atom stereocenters. The maximum atomic E-state index is 6.27. The largest absolute Gasteiger partial charge is 0.347 e. The van der Waals surface area contributed by atoms with E-state index < -0.39 is 0 Å². The SMILES string of the molecule is CC1CCC(N)(c2ncc[nH]2)CS1. The molecule has 13 heavy (non-hydrogen) atoms. The van der Waals surface area contributed by atoms with Gasteiger partial charge in [0.2, 0.25) is 0 Å². The Morgan fingerprint density at radius 3 is 3.15 bits per heavy atom. The first-order valence-electron chi connectivity index (χ1n) is 4.61. The summed E-state index contributed by atoms with van der Waals surface area (Å²) in [5.74, 6) is 1.91. The van der Waals surface area contributed by atoms with E-state index >= 15 is 0 Å². The maximum Gasteiger partial charge on any atom is 0.127 e. The Labute approximate surface area is 82.5 Å². The Kier molecular flexibility index (Phi) is 2.34. The number of thioether (sulfide) groups is 1. The molecule has 1 aromatic rings. The van der Waals surface area contributed by atoms with Crippen LogP contribution in [-0.4, -0.2) is 21.0 Å². The predicted molar refractivity (Wildman–Crippen MR) is 55.6 cm³/mol. The quantitative estimate of drug-likeness (QED) is 0.717. The molecule has 2 rings (SSSR count). The highest BCUT2D eigenvalue weighted by Gasteiger charge is 2.34. The molecule has 3 N–H and O–H groups in total. The van der Waals surface area contributed by atoms with E-state index in [0.717, 1.165) is 23.2 Å². The Morgan fingerprint density at radius 1 is 1.77 bits per heavy atom. The minimum atomic E-state index is -0.222. The van der Waals surface area contributed by atoms with Crippen LogP contribution >= 0.6 is 11.8 Å². The Hall–Kier alpha value is -0.480. The zero-order valence-electron chi connectivity index (χ0n) is 7.79. The van der Waals surface area contributed by atoms with Crippen LogP contribution < -0.4 is 5.73 Å². The lowest BCUT2D eigenvalue weighted by molar-refractivity contribution is 0.409. The van der Waals surface area contributed by atoms with E-state index in [0.29, 0.717) is 0 Å². The molecular formula is C9H15N3S. The summed E-state index contributed by atoms with van der Waals surface area (Å²) in [6, 6.07) is 0. The second kappa shape index (κ2) is 3.35. The molecule has 0 bridgehead atoms. The third-order valence-electron chi connectivity index (χ3n) is 2.59. The number of aromatic amines is 1. The van der Waals surface area contributed by atoms with Crippen LogP contribution in [0, 0.1) is 0 Å². The summed E-state index contributed by atoms with van der Waals surface area (Å²) in [4.78, 5) is 7.36. The highest BCUT2D eigenvalue weighted by molar-refractivity contribution is 8.00. The second-order valence-corrected chi connectivity index (χ2v) is 5.18. The lowest BCUT2D eigenvalue weighted by Crippen LogP contribution is -2.43. The van der Waals surface area contributed by atoms with Gasteiger partial charge in [0.1, 0.15) is 5.82 Å². The summed E-state index contributed by atoms with van der Waals surface area (Å²) in [5, 5.41) is 0.742. The molecule has 1 aromatic heterocycles. The Bertz CT molecular complexity index is 262. The monoisotopic (exact) mass is 197 g/mol. The lowest BCUT2D eigenvalue weighted by atomic mass is 9.94. The first kappa shape index (κ1) is 9.09. The van der Waals surface area contributed by atoms with Gasteiger partial charge in [0, 0.05) is 23.4 Å². The van der Waals surface area contributed by atoms with E-state index in [1.807, 2.05) is 18.0 Å². The molecule has 2 heterocycles. The van der Waals surface area contributed by atoms with Crippen molar-refractivity contribution in [2.75, 3.05) is 5.75 Å². The van der Waals surface area contributed by atoms with Crippen molar-refractivity contribution in [2.24, 2.45) is 5.73 Å². The number of imidazole rings is 1. The second-order valence-electron chi connectivity index (χ2n) is 3.75. The molecule has 0 spiro atoms. The molecular weight excluding hydrogens is 182 g/mol. The van der Waals surface area contributed by atoms with Crippen molar-refractivity contribution >= 4 is 11.8 Å². The average molecular weight is 197 g/mol. The first-order chi connectivity index (χ1) is 6.21. The van der Waals surface area contributed by atoms with Crippen molar-refractivity contribution in [3.05, 3.63) is 18.2 Å². The molecule has 1 aliphatic heterocycles. The molecule has 1 aliphatic rings.